The van der Waals surface area contributed by atoms with Crippen molar-refractivity contribution in [2.75, 3.05) is 20.2 Å². The van der Waals surface area contributed by atoms with Crippen LogP contribution in [-0.2, 0) is 4.79 Å². The molecular formula is C17H23NO3. The molecule has 0 saturated carbocycles. The summed E-state index contributed by atoms with van der Waals surface area (Å²) in [5.74, 6) is 1.42. The number of amides is 1. The maximum absolute atomic E-state index is 12.3. The number of carbonyl (C=O) groups is 2. The van der Waals surface area contributed by atoms with Crippen LogP contribution in [0.1, 0.15) is 43.0 Å². The molecule has 0 aliphatic carbocycles. The standard InChI is InChI=1S/C17H23NO3/c1-3-13-4-9-17(20)18(11-10-13)12-16(19)14-5-7-15(21-2)8-6-14/h5-8,13H,3-4,9-12H2,1-2H3. The molecule has 1 aromatic rings. The highest BCUT2D eigenvalue weighted by molar-refractivity contribution is 5.99. The normalized spacial score (nSPS) is 19.2. The molecule has 4 heteroatoms. The van der Waals surface area contributed by atoms with Crippen LogP contribution in [0.4, 0.5) is 0 Å². The van der Waals surface area contributed by atoms with Gasteiger partial charge in [0.25, 0.3) is 0 Å². The largest absolute Gasteiger partial charge is 0.497 e. The summed E-state index contributed by atoms with van der Waals surface area (Å²) < 4.78 is 5.08. The van der Waals surface area contributed by atoms with E-state index in [1.54, 1.807) is 36.3 Å². The first-order valence-corrected chi connectivity index (χ1v) is 7.59. The highest BCUT2D eigenvalue weighted by Crippen LogP contribution is 2.21. The molecule has 0 spiro atoms. The first kappa shape index (κ1) is 15.5. The van der Waals surface area contributed by atoms with Crippen molar-refractivity contribution in [3.05, 3.63) is 29.8 Å². The highest BCUT2D eigenvalue weighted by Gasteiger charge is 2.23. The summed E-state index contributed by atoms with van der Waals surface area (Å²) in [7, 11) is 1.59. The molecule has 1 aliphatic heterocycles. The number of ketones is 1. The van der Waals surface area contributed by atoms with Crippen LogP contribution in [0.3, 0.4) is 0 Å². The fraction of sp³-hybridized carbons (Fsp3) is 0.529. The van der Waals surface area contributed by atoms with Gasteiger partial charge < -0.3 is 9.64 Å². The van der Waals surface area contributed by atoms with Crippen LogP contribution in [0, 0.1) is 5.92 Å². The van der Waals surface area contributed by atoms with Gasteiger partial charge in [0.1, 0.15) is 5.75 Å². The Hall–Kier alpha value is -1.84. The number of methoxy groups -OCH3 is 1. The topological polar surface area (TPSA) is 46.6 Å². The van der Waals surface area contributed by atoms with E-state index in [1.165, 1.54) is 0 Å². The van der Waals surface area contributed by atoms with Gasteiger partial charge in [-0.25, -0.2) is 0 Å². The van der Waals surface area contributed by atoms with Crippen molar-refractivity contribution < 1.29 is 14.3 Å². The van der Waals surface area contributed by atoms with Gasteiger partial charge in [0.15, 0.2) is 5.78 Å². The molecule has 0 aromatic heterocycles. The van der Waals surface area contributed by atoms with Gasteiger partial charge in [0, 0.05) is 18.5 Å². The molecule has 1 amide bonds. The Bertz CT molecular complexity index is 495. The quantitative estimate of drug-likeness (QED) is 0.783. The monoisotopic (exact) mass is 289 g/mol. The van der Waals surface area contributed by atoms with E-state index in [1.807, 2.05) is 0 Å². The fourth-order valence-electron chi connectivity index (χ4n) is 2.71. The predicted octanol–water partition coefficient (Wildman–Crippen LogP) is 2.92. The van der Waals surface area contributed by atoms with Gasteiger partial charge in [0.2, 0.25) is 5.91 Å². The number of benzene rings is 1. The minimum Gasteiger partial charge on any atom is -0.497 e. The van der Waals surface area contributed by atoms with Crippen molar-refractivity contribution in [2.45, 2.75) is 32.6 Å². The smallest absolute Gasteiger partial charge is 0.222 e. The molecule has 4 nitrogen and oxygen atoms in total. The molecular weight excluding hydrogens is 266 g/mol. The van der Waals surface area contributed by atoms with Crippen molar-refractivity contribution in [1.82, 2.24) is 4.90 Å². The molecule has 2 rings (SSSR count). The van der Waals surface area contributed by atoms with Crippen LogP contribution in [0.5, 0.6) is 5.75 Å². The molecule has 1 aromatic carbocycles. The molecule has 1 saturated heterocycles. The first-order chi connectivity index (χ1) is 10.1. The number of likely N-dealkylation sites (tertiary alicyclic amines) is 1. The lowest BCUT2D eigenvalue weighted by atomic mass is 9.98. The molecule has 0 bridgehead atoms. The lowest BCUT2D eigenvalue weighted by molar-refractivity contribution is -0.130. The number of Topliss-reactive ketones (excluding diaryl/α,β-unsaturated/α-hetero) is 1. The molecule has 114 valence electrons. The zero-order valence-electron chi connectivity index (χ0n) is 12.8. The van der Waals surface area contributed by atoms with Gasteiger partial charge >= 0.3 is 0 Å². The van der Waals surface area contributed by atoms with Crippen molar-refractivity contribution in [2.24, 2.45) is 5.92 Å². The van der Waals surface area contributed by atoms with E-state index in [9.17, 15) is 9.59 Å². The molecule has 1 unspecified atom stereocenters. The van der Waals surface area contributed by atoms with Gasteiger partial charge in [-0.15, -0.1) is 0 Å². The summed E-state index contributed by atoms with van der Waals surface area (Å²) in [4.78, 5) is 26.1. The Morgan fingerprint density at radius 3 is 2.62 bits per heavy atom. The Balaban J connectivity index is 1.98. The second kappa shape index (κ2) is 7.25. The second-order valence-corrected chi connectivity index (χ2v) is 5.57. The van der Waals surface area contributed by atoms with Crippen LogP contribution in [0.2, 0.25) is 0 Å². The number of carbonyl (C=O) groups excluding carboxylic acids is 2. The van der Waals surface area contributed by atoms with Crippen molar-refractivity contribution >= 4 is 11.7 Å². The van der Waals surface area contributed by atoms with Crippen LogP contribution >= 0.6 is 0 Å². The van der Waals surface area contributed by atoms with E-state index in [0.717, 1.165) is 25.0 Å². The lowest BCUT2D eigenvalue weighted by Crippen LogP contribution is -2.35. The maximum Gasteiger partial charge on any atom is 0.222 e. The summed E-state index contributed by atoms with van der Waals surface area (Å²) in [6.45, 7) is 3.04. The Labute approximate surface area is 126 Å². The summed E-state index contributed by atoms with van der Waals surface area (Å²) >= 11 is 0. The lowest BCUT2D eigenvalue weighted by Gasteiger charge is -2.20. The predicted molar refractivity (Wildman–Crippen MR) is 81.5 cm³/mol. The van der Waals surface area contributed by atoms with Crippen molar-refractivity contribution in [1.29, 1.82) is 0 Å². The molecule has 0 N–H and O–H groups in total. The third-order valence-corrected chi connectivity index (χ3v) is 4.25. The van der Waals surface area contributed by atoms with Crippen LogP contribution in [-0.4, -0.2) is 36.8 Å². The van der Waals surface area contributed by atoms with Crippen LogP contribution in [0.15, 0.2) is 24.3 Å². The van der Waals surface area contributed by atoms with E-state index in [4.69, 9.17) is 4.74 Å². The summed E-state index contributed by atoms with van der Waals surface area (Å²) in [6, 6.07) is 7.03. The minimum atomic E-state index is -0.0130. The van der Waals surface area contributed by atoms with Gasteiger partial charge in [-0.05, 0) is 43.0 Å². The fourth-order valence-corrected chi connectivity index (χ4v) is 2.71. The Kier molecular flexibility index (Phi) is 5.37. The van der Waals surface area contributed by atoms with E-state index in [0.29, 0.717) is 24.4 Å². The maximum atomic E-state index is 12.3. The van der Waals surface area contributed by atoms with Gasteiger partial charge in [-0.2, -0.15) is 0 Å². The average molecular weight is 289 g/mol. The van der Waals surface area contributed by atoms with E-state index >= 15 is 0 Å². The van der Waals surface area contributed by atoms with E-state index < -0.39 is 0 Å². The molecule has 1 atom stereocenters. The zero-order valence-corrected chi connectivity index (χ0v) is 12.8. The zero-order chi connectivity index (χ0) is 15.2. The molecule has 1 fully saturated rings. The van der Waals surface area contributed by atoms with Gasteiger partial charge in [-0.3, -0.25) is 9.59 Å². The number of rotatable bonds is 5. The molecule has 1 aliphatic rings. The minimum absolute atomic E-state index is 0.0130. The second-order valence-electron chi connectivity index (χ2n) is 5.57. The number of ether oxygens (including phenoxy) is 1. The summed E-state index contributed by atoms with van der Waals surface area (Å²) in [5, 5.41) is 0. The van der Waals surface area contributed by atoms with Crippen molar-refractivity contribution in [3.63, 3.8) is 0 Å². The first-order valence-electron chi connectivity index (χ1n) is 7.59. The van der Waals surface area contributed by atoms with Crippen LogP contribution < -0.4 is 4.74 Å². The third kappa shape index (κ3) is 4.06. The third-order valence-electron chi connectivity index (χ3n) is 4.25. The molecule has 1 heterocycles. The SMILES string of the molecule is CCC1CCC(=O)N(CC(=O)c2ccc(OC)cc2)CC1. The van der Waals surface area contributed by atoms with E-state index in [-0.39, 0.29) is 18.2 Å². The Morgan fingerprint density at radius 2 is 2.00 bits per heavy atom. The summed E-state index contributed by atoms with van der Waals surface area (Å²) in [5.41, 5.74) is 0.625. The molecule has 21 heavy (non-hydrogen) atoms. The van der Waals surface area contributed by atoms with Gasteiger partial charge in [-0.1, -0.05) is 13.3 Å². The Morgan fingerprint density at radius 1 is 1.29 bits per heavy atom. The number of nitrogens with zero attached hydrogens (tertiary/aromatic N) is 1. The van der Waals surface area contributed by atoms with Gasteiger partial charge in [0.05, 0.1) is 13.7 Å². The summed E-state index contributed by atoms with van der Waals surface area (Å²) in [6.07, 6.45) is 3.61. The van der Waals surface area contributed by atoms with E-state index in [2.05, 4.69) is 6.92 Å². The van der Waals surface area contributed by atoms with Crippen LogP contribution in [0.25, 0.3) is 0 Å². The number of hydrogen-bond donors (Lipinski definition) is 0. The van der Waals surface area contributed by atoms with Crippen molar-refractivity contribution in [3.8, 4) is 5.75 Å². The average Bonchev–Trinajstić information content (AvgIpc) is 2.70. The number of hydrogen-bond acceptors (Lipinski definition) is 3. The molecule has 0 radical (unpaired) electrons. The highest BCUT2D eigenvalue weighted by atomic mass is 16.5.